The summed E-state index contributed by atoms with van der Waals surface area (Å²) in [4.78, 5) is 12.3. The maximum absolute atomic E-state index is 12.3. The van der Waals surface area contributed by atoms with E-state index in [1.165, 1.54) is 0 Å². The molecule has 33 heavy (non-hydrogen) atoms. The minimum absolute atomic E-state index is 0.0726. The number of benzene rings is 3. The summed E-state index contributed by atoms with van der Waals surface area (Å²) in [6.45, 7) is 5.27. The fourth-order valence-corrected chi connectivity index (χ4v) is 3.66. The lowest BCUT2D eigenvalue weighted by Gasteiger charge is -2.14. The first-order chi connectivity index (χ1) is 16.0. The average molecular weight is 512 g/mol. The van der Waals surface area contributed by atoms with E-state index in [-0.39, 0.29) is 12.5 Å². The molecule has 0 saturated carbocycles. The molecule has 6 heteroatoms. The van der Waals surface area contributed by atoms with E-state index in [0.29, 0.717) is 36.3 Å². The van der Waals surface area contributed by atoms with Gasteiger partial charge in [0.1, 0.15) is 5.75 Å². The number of nitrogens with one attached hydrogen (secondary N) is 1. The monoisotopic (exact) mass is 511 g/mol. The minimum atomic E-state index is -0.203. The predicted molar refractivity (Wildman–Crippen MR) is 135 cm³/mol. The molecule has 1 amide bonds. The second-order valence-electron chi connectivity index (χ2n) is 8.09. The zero-order chi connectivity index (χ0) is 23.6. The summed E-state index contributed by atoms with van der Waals surface area (Å²) in [5.74, 6) is 2.36. The van der Waals surface area contributed by atoms with Gasteiger partial charge in [0.05, 0.1) is 18.2 Å². The first-order valence-corrected chi connectivity index (χ1v) is 11.8. The Hall–Kier alpha value is -2.99. The molecule has 0 heterocycles. The smallest absolute Gasteiger partial charge is 0.258 e. The van der Waals surface area contributed by atoms with Crippen molar-refractivity contribution in [3.63, 3.8) is 0 Å². The molecule has 0 aliphatic rings. The first-order valence-electron chi connectivity index (χ1n) is 11.0. The van der Waals surface area contributed by atoms with Gasteiger partial charge >= 0.3 is 0 Å². The highest BCUT2D eigenvalue weighted by Crippen LogP contribution is 2.31. The Morgan fingerprint density at radius 2 is 1.67 bits per heavy atom. The Balaban J connectivity index is 1.50. The van der Waals surface area contributed by atoms with Gasteiger partial charge in [-0.3, -0.25) is 4.79 Å². The van der Waals surface area contributed by atoms with Crippen molar-refractivity contribution in [3.8, 4) is 28.4 Å². The number of carbonyl (C=O) groups is 1. The molecule has 0 radical (unpaired) electrons. The summed E-state index contributed by atoms with van der Waals surface area (Å²) in [6, 6.07) is 21.6. The van der Waals surface area contributed by atoms with Gasteiger partial charge < -0.3 is 19.5 Å². The molecule has 3 aromatic rings. The van der Waals surface area contributed by atoms with Crippen molar-refractivity contribution in [1.82, 2.24) is 5.32 Å². The molecular formula is C27H30BrNO4. The van der Waals surface area contributed by atoms with E-state index in [9.17, 15) is 4.79 Å². The zero-order valence-corrected chi connectivity index (χ0v) is 20.9. The molecule has 0 spiro atoms. The van der Waals surface area contributed by atoms with E-state index in [0.717, 1.165) is 27.6 Å². The van der Waals surface area contributed by atoms with Crippen LogP contribution < -0.4 is 19.5 Å². The molecule has 1 N–H and O–H groups in total. The van der Waals surface area contributed by atoms with Crippen molar-refractivity contribution in [2.45, 2.75) is 26.8 Å². The largest absolute Gasteiger partial charge is 0.493 e. The van der Waals surface area contributed by atoms with Crippen LogP contribution in [0.5, 0.6) is 17.2 Å². The summed E-state index contributed by atoms with van der Waals surface area (Å²) in [5, 5.41) is 2.88. The van der Waals surface area contributed by atoms with Crippen LogP contribution in [-0.2, 0) is 11.3 Å². The molecule has 0 atom stereocenters. The molecule has 3 rings (SSSR count). The lowest BCUT2D eigenvalue weighted by atomic mass is 10.1. The Bertz CT molecular complexity index is 1050. The molecule has 0 aliphatic heterocycles. The lowest BCUT2D eigenvalue weighted by Crippen LogP contribution is -2.28. The lowest BCUT2D eigenvalue weighted by molar-refractivity contribution is -0.123. The zero-order valence-electron chi connectivity index (χ0n) is 19.3. The summed E-state index contributed by atoms with van der Waals surface area (Å²) in [6.07, 6.45) is 0.978. The molecular weight excluding hydrogens is 482 g/mol. The minimum Gasteiger partial charge on any atom is -0.493 e. The van der Waals surface area contributed by atoms with E-state index in [1.54, 1.807) is 7.11 Å². The highest BCUT2D eigenvalue weighted by molar-refractivity contribution is 9.10. The van der Waals surface area contributed by atoms with Crippen LogP contribution in [0.3, 0.4) is 0 Å². The van der Waals surface area contributed by atoms with Crippen molar-refractivity contribution < 1.29 is 19.0 Å². The van der Waals surface area contributed by atoms with Gasteiger partial charge in [0.25, 0.3) is 5.91 Å². The number of rotatable bonds is 11. The van der Waals surface area contributed by atoms with Gasteiger partial charge in [0.15, 0.2) is 18.1 Å². The Morgan fingerprint density at radius 1 is 0.909 bits per heavy atom. The van der Waals surface area contributed by atoms with Crippen LogP contribution in [0.1, 0.15) is 25.8 Å². The third-order valence-electron chi connectivity index (χ3n) is 5.07. The SMILES string of the molecule is COc1cc(CNC(=O)COc2ccc(-c3ccccc3)cc2Br)ccc1OCCC(C)C. The maximum Gasteiger partial charge on any atom is 0.258 e. The third-order valence-corrected chi connectivity index (χ3v) is 5.69. The highest BCUT2D eigenvalue weighted by atomic mass is 79.9. The third kappa shape index (κ3) is 7.53. The second kappa shape index (κ2) is 12.3. The number of hydrogen-bond donors (Lipinski definition) is 1. The second-order valence-corrected chi connectivity index (χ2v) is 8.95. The van der Waals surface area contributed by atoms with Gasteiger partial charge in [-0.25, -0.2) is 0 Å². The summed E-state index contributed by atoms with van der Waals surface area (Å²) >= 11 is 3.54. The van der Waals surface area contributed by atoms with Crippen molar-refractivity contribution in [2.75, 3.05) is 20.3 Å². The van der Waals surface area contributed by atoms with E-state index in [4.69, 9.17) is 14.2 Å². The van der Waals surface area contributed by atoms with Crippen molar-refractivity contribution in [2.24, 2.45) is 5.92 Å². The van der Waals surface area contributed by atoms with Crippen LogP contribution in [0, 0.1) is 5.92 Å². The molecule has 5 nitrogen and oxygen atoms in total. The molecule has 0 fully saturated rings. The summed E-state index contributed by atoms with van der Waals surface area (Å²) in [5.41, 5.74) is 3.11. The number of carbonyl (C=O) groups excluding carboxylic acids is 1. The Morgan fingerprint density at radius 3 is 2.36 bits per heavy atom. The highest BCUT2D eigenvalue weighted by Gasteiger charge is 2.10. The predicted octanol–water partition coefficient (Wildman–Crippen LogP) is 6.24. The normalized spacial score (nSPS) is 10.7. The molecule has 0 unspecified atom stereocenters. The van der Waals surface area contributed by atoms with Gasteiger partial charge in [-0.2, -0.15) is 0 Å². The molecule has 174 valence electrons. The Kier molecular flexibility index (Phi) is 9.19. The number of halogens is 1. The molecule has 0 aliphatic carbocycles. The van der Waals surface area contributed by atoms with Crippen molar-refractivity contribution >= 4 is 21.8 Å². The standard InChI is InChI=1S/C27H30BrNO4/c1-19(2)13-14-32-25-11-9-20(15-26(25)31-3)17-29-27(30)18-33-24-12-10-22(16-23(24)28)21-7-5-4-6-8-21/h4-12,15-16,19H,13-14,17-18H2,1-3H3,(H,29,30). The van der Waals surface area contributed by atoms with Crippen LogP contribution in [0.2, 0.25) is 0 Å². The van der Waals surface area contributed by atoms with Crippen LogP contribution in [0.25, 0.3) is 11.1 Å². The van der Waals surface area contributed by atoms with Crippen LogP contribution in [0.15, 0.2) is 71.2 Å². The molecule has 0 aromatic heterocycles. The summed E-state index contributed by atoms with van der Waals surface area (Å²) < 4.78 is 17.8. The number of ether oxygens (including phenoxy) is 3. The van der Waals surface area contributed by atoms with Gasteiger partial charge in [-0.1, -0.05) is 56.3 Å². The van der Waals surface area contributed by atoms with E-state index < -0.39 is 0 Å². The van der Waals surface area contributed by atoms with E-state index >= 15 is 0 Å². The van der Waals surface area contributed by atoms with E-state index in [2.05, 4.69) is 47.2 Å². The summed E-state index contributed by atoms with van der Waals surface area (Å²) in [7, 11) is 1.61. The van der Waals surface area contributed by atoms with Crippen LogP contribution in [0.4, 0.5) is 0 Å². The fourth-order valence-electron chi connectivity index (χ4n) is 3.17. The molecule has 0 bridgehead atoms. The maximum atomic E-state index is 12.3. The topological polar surface area (TPSA) is 56.8 Å². The average Bonchev–Trinajstić information content (AvgIpc) is 2.82. The molecule has 3 aromatic carbocycles. The first kappa shape index (κ1) is 24.6. The quantitative estimate of drug-likeness (QED) is 0.330. The molecule has 0 saturated heterocycles. The number of amides is 1. The van der Waals surface area contributed by atoms with Gasteiger partial charge in [-0.15, -0.1) is 0 Å². The number of hydrogen-bond acceptors (Lipinski definition) is 4. The van der Waals surface area contributed by atoms with E-state index in [1.807, 2.05) is 54.6 Å². The number of methoxy groups -OCH3 is 1. The van der Waals surface area contributed by atoms with Crippen LogP contribution >= 0.6 is 15.9 Å². The van der Waals surface area contributed by atoms with Crippen molar-refractivity contribution in [1.29, 1.82) is 0 Å². The van der Waals surface area contributed by atoms with Gasteiger partial charge in [0, 0.05) is 6.54 Å². The Labute approximate surface area is 204 Å². The fraction of sp³-hybridized carbons (Fsp3) is 0.296. The van der Waals surface area contributed by atoms with Gasteiger partial charge in [0.2, 0.25) is 0 Å². The van der Waals surface area contributed by atoms with Gasteiger partial charge in [-0.05, 0) is 69.2 Å². The van der Waals surface area contributed by atoms with Crippen LogP contribution in [-0.4, -0.2) is 26.2 Å². The van der Waals surface area contributed by atoms with Crippen molar-refractivity contribution in [3.05, 3.63) is 76.8 Å².